The number of carbonyl (C=O) groups is 1. The fraction of sp³-hybridized carbons (Fsp3) is 0.357. The van der Waals surface area contributed by atoms with Gasteiger partial charge in [-0.2, -0.15) is 0 Å². The SMILES string of the molecule is Cc1ccc(-c2nnc(C(=O)OCC(C)C)o2)cc1. The Balaban J connectivity index is 2.10. The van der Waals surface area contributed by atoms with Crippen molar-refractivity contribution in [2.75, 3.05) is 6.61 Å². The number of aromatic nitrogens is 2. The second-order valence-electron chi connectivity index (χ2n) is 4.77. The molecule has 0 aliphatic carbocycles. The number of benzene rings is 1. The van der Waals surface area contributed by atoms with Crippen LogP contribution in [0.4, 0.5) is 0 Å². The van der Waals surface area contributed by atoms with Crippen molar-refractivity contribution in [2.45, 2.75) is 20.8 Å². The molecule has 0 saturated heterocycles. The zero-order valence-corrected chi connectivity index (χ0v) is 11.2. The van der Waals surface area contributed by atoms with Gasteiger partial charge in [-0.05, 0) is 25.0 Å². The van der Waals surface area contributed by atoms with E-state index in [4.69, 9.17) is 9.15 Å². The molecule has 0 fully saturated rings. The van der Waals surface area contributed by atoms with Crippen LogP contribution in [0.3, 0.4) is 0 Å². The van der Waals surface area contributed by atoms with E-state index >= 15 is 0 Å². The van der Waals surface area contributed by atoms with Gasteiger partial charge in [0, 0.05) is 5.56 Å². The van der Waals surface area contributed by atoms with Gasteiger partial charge in [-0.3, -0.25) is 0 Å². The first-order valence-electron chi connectivity index (χ1n) is 6.14. The molecule has 0 N–H and O–H groups in total. The number of nitrogens with zero attached hydrogens (tertiary/aromatic N) is 2. The molecule has 0 bridgehead atoms. The van der Waals surface area contributed by atoms with Crippen molar-refractivity contribution in [3.8, 4) is 11.5 Å². The van der Waals surface area contributed by atoms with E-state index < -0.39 is 5.97 Å². The van der Waals surface area contributed by atoms with E-state index in [1.54, 1.807) is 0 Å². The smallest absolute Gasteiger partial charge is 0.396 e. The van der Waals surface area contributed by atoms with Gasteiger partial charge in [-0.15, -0.1) is 10.2 Å². The number of esters is 1. The molecule has 5 heteroatoms. The number of aryl methyl sites for hydroxylation is 1. The molecule has 0 unspecified atom stereocenters. The van der Waals surface area contributed by atoms with Gasteiger partial charge in [0.1, 0.15) is 0 Å². The maximum absolute atomic E-state index is 11.6. The van der Waals surface area contributed by atoms with Gasteiger partial charge in [0.2, 0.25) is 5.89 Å². The van der Waals surface area contributed by atoms with Crippen molar-refractivity contribution >= 4 is 5.97 Å². The number of carbonyl (C=O) groups excluding carboxylic acids is 1. The predicted molar refractivity (Wildman–Crippen MR) is 69.6 cm³/mol. The molecule has 1 aromatic heterocycles. The van der Waals surface area contributed by atoms with Gasteiger partial charge >= 0.3 is 11.9 Å². The Morgan fingerprint density at radius 2 is 1.95 bits per heavy atom. The molecule has 2 rings (SSSR count). The van der Waals surface area contributed by atoms with E-state index in [-0.39, 0.29) is 11.8 Å². The molecule has 1 aromatic carbocycles. The summed E-state index contributed by atoms with van der Waals surface area (Å²) in [5.41, 5.74) is 1.92. The summed E-state index contributed by atoms with van der Waals surface area (Å²) >= 11 is 0. The largest absolute Gasteiger partial charge is 0.458 e. The number of rotatable bonds is 4. The third-order valence-electron chi connectivity index (χ3n) is 2.45. The molecule has 0 aliphatic heterocycles. The van der Waals surface area contributed by atoms with Gasteiger partial charge in [-0.1, -0.05) is 31.5 Å². The first-order valence-corrected chi connectivity index (χ1v) is 6.14. The van der Waals surface area contributed by atoms with Gasteiger partial charge in [0.25, 0.3) is 0 Å². The first kappa shape index (κ1) is 13.3. The summed E-state index contributed by atoms with van der Waals surface area (Å²) in [5.74, 6) is -0.115. The van der Waals surface area contributed by atoms with Crippen LogP contribution in [-0.4, -0.2) is 22.8 Å². The summed E-state index contributed by atoms with van der Waals surface area (Å²) in [6.45, 7) is 6.24. The quantitative estimate of drug-likeness (QED) is 0.791. The lowest BCUT2D eigenvalue weighted by atomic mass is 10.1. The summed E-state index contributed by atoms with van der Waals surface area (Å²) in [5, 5.41) is 7.55. The molecule has 0 radical (unpaired) electrons. The Morgan fingerprint density at radius 3 is 2.58 bits per heavy atom. The first-order chi connectivity index (χ1) is 9.06. The molecule has 0 saturated carbocycles. The van der Waals surface area contributed by atoms with Crippen LogP contribution < -0.4 is 0 Å². The lowest BCUT2D eigenvalue weighted by molar-refractivity contribution is 0.0414. The van der Waals surface area contributed by atoms with Crippen molar-refractivity contribution < 1.29 is 13.9 Å². The van der Waals surface area contributed by atoms with Gasteiger partial charge in [0.05, 0.1) is 6.61 Å². The average Bonchev–Trinajstić information content (AvgIpc) is 2.86. The second kappa shape index (κ2) is 5.65. The zero-order valence-electron chi connectivity index (χ0n) is 11.2. The van der Waals surface area contributed by atoms with Crippen LogP contribution in [0.25, 0.3) is 11.5 Å². The van der Waals surface area contributed by atoms with Crippen molar-refractivity contribution in [1.29, 1.82) is 0 Å². The molecule has 0 amide bonds. The minimum absolute atomic E-state index is 0.115. The molecular formula is C14H16N2O3. The van der Waals surface area contributed by atoms with Crippen molar-refractivity contribution in [1.82, 2.24) is 10.2 Å². The Hall–Kier alpha value is -2.17. The highest BCUT2D eigenvalue weighted by atomic mass is 16.5. The Bertz CT molecular complexity index is 558. The number of ether oxygens (including phenoxy) is 1. The molecule has 0 spiro atoms. The molecule has 2 aromatic rings. The van der Waals surface area contributed by atoms with Crippen LogP contribution in [0.1, 0.15) is 30.1 Å². The average molecular weight is 260 g/mol. The maximum atomic E-state index is 11.6. The number of hydrogen-bond acceptors (Lipinski definition) is 5. The highest BCUT2D eigenvalue weighted by molar-refractivity contribution is 5.84. The van der Waals surface area contributed by atoms with Crippen LogP contribution in [-0.2, 0) is 4.74 Å². The fourth-order valence-electron chi connectivity index (χ4n) is 1.42. The van der Waals surface area contributed by atoms with Crippen molar-refractivity contribution in [2.24, 2.45) is 5.92 Å². The standard InChI is InChI=1S/C14H16N2O3/c1-9(2)8-18-14(17)13-16-15-12(19-13)11-6-4-10(3)5-7-11/h4-7,9H,8H2,1-3H3. The highest BCUT2D eigenvalue weighted by Gasteiger charge is 2.17. The van der Waals surface area contributed by atoms with E-state index in [2.05, 4.69) is 10.2 Å². The van der Waals surface area contributed by atoms with Crippen molar-refractivity contribution in [3.05, 3.63) is 35.7 Å². The van der Waals surface area contributed by atoms with E-state index in [9.17, 15) is 4.79 Å². The number of hydrogen-bond donors (Lipinski definition) is 0. The van der Waals surface area contributed by atoms with Gasteiger partial charge in [-0.25, -0.2) is 4.79 Å². The van der Waals surface area contributed by atoms with E-state index in [1.165, 1.54) is 0 Å². The third-order valence-corrected chi connectivity index (χ3v) is 2.45. The third kappa shape index (κ3) is 3.40. The second-order valence-corrected chi connectivity index (χ2v) is 4.77. The topological polar surface area (TPSA) is 65.2 Å². The fourth-order valence-corrected chi connectivity index (χ4v) is 1.42. The van der Waals surface area contributed by atoms with E-state index in [1.807, 2.05) is 45.0 Å². The van der Waals surface area contributed by atoms with Crippen LogP contribution in [0.15, 0.2) is 28.7 Å². The maximum Gasteiger partial charge on any atom is 0.396 e. The predicted octanol–water partition coefficient (Wildman–Crippen LogP) is 2.86. The van der Waals surface area contributed by atoms with Crippen LogP contribution in [0.5, 0.6) is 0 Å². The van der Waals surface area contributed by atoms with E-state index in [0.717, 1.165) is 11.1 Å². The zero-order chi connectivity index (χ0) is 13.8. The molecule has 100 valence electrons. The summed E-state index contributed by atoms with van der Waals surface area (Å²) < 4.78 is 10.3. The molecule has 0 aliphatic rings. The lowest BCUT2D eigenvalue weighted by Crippen LogP contribution is -2.10. The summed E-state index contributed by atoms with van der Waals surface area (Å²) in [7, 11) is 0. The highest BCUT2D eigenvalue weighted by Crippen LogP contribution is 2.18. The van der Waals surface area contributed by atoms with Crippen LogP contribution >= 0.6 is 0 Å². The van der Waals surface area contributed by atoms with Crippen LogP contribution in [0, 0.1) is 12.8 Å². The molecular weight excluding hydrogens is 244 g/mol. The Morgan fingerprint density at radius 1 is 1.26 bits per heavy atom. The molecule has 1 heterocycles. The Labute approximate surface area is 111 Å². The molecule has 19 heavy (non-hydrogen) atoms. The van der Waals surface area contributed by atoms with Crippen LogP contribution in [0.2, 0.25) is 0 Å². The minimum Gasteiger partial charge on any atom is -0.458 e. The monoisotopic (exact) mass is 260 g/mol. The summed E-state index contributed by atoms with van der Waals surface area (Å²) in [6, 6.07) is 7.62. The lowest BCUT2D eigenvalue weighted by Gasteiger charge is -2.03. The van der Waals surface area contributed by atoms with Crippen molar-refractivity contribution in [3.63, 3.8) is 0 Å². The van der Waals surface area contributed by atoms with Gasteiger partial charge < -0.3 is 9.15 Å². The Kier molecular flexibility index (Phi) is 3.94. The molecule has 0 atom stereocenters. The summed E-state index contributed by atoms with van der Waals surface area (Å²) in [6.07, 6.45) is 0. The molecule has 5 nitrogen and oxygen atoms in total. The van der Waals surface area contributed by atoms with Gasteiger partial charge in [0.15, 0.2) is 0 Å². The normalized spacial score (nSPS) is 10.7. The van der Waals surface area contributed by atoms with E-state index in [0.29, 0.717) is 12.5 Å². The summed E-state index contributed by atoms with van der Waals surface area (Å²) in [4.78, 5) is 11.6. The minimum atomic E-state index is -0.584.